The minimum Gasteiger partial charge on any atom is -0.244 e. The van der Waals surface area contributed by atoms with Crippen molar-refractivity contribution in [3.05, 3.63) is 65.2 Å². The Bertz CT molecular complexity index is 550. The number of rotatable bonds is 0. The summed E-state index contributed by atoms with van der Waals surface area (Å²) < 4.78 is 12.8. The minimum absolute atomic E-state index is 0.331. The van der Waals surface area contributed by atoms with Crippen LogP contribution in [0.4, 0.5) is 4.39 Å². The third-order valence-electron chi connectivity index (χ3n) is 2.14. The van der Waals surface area contributed by atoms with E-state index in [1.807, 2.05) is 30.3 Å². The van der Waals surface area contributed by atoms with Crippen molar-refractivity contribution in [3.8, 4) is 11.8 Å². The van der Waals surface area contributed by atoms with Crippen LogP contribution in [0.2, 0.25) is 0 Å². The second-order valence-electron chi connectivity index (χ2n) is 3.44. The van der Waals surface area contributed by atoms with Crippen molar-refractivity contribution in [2.75, 3.05) is 0 Å². The van der Waals surface area contributed by atoms with Crippen molar-refractivity contribution in [2.24, 2.45) is 0 Å². The van der Waals surface area contributed by atoms with Gasteiger partial charge in [0, 0.05) is 5.56 Å². The Kier molecular flexibility index (Phi) is 2.98. The average Bonchev–Trinajstić information content (AvgIpc) is 2.29. The van der Waals surface area contributed by atoms with Gasteiger partial charge in [-0.3, -0.25) is 0 Å². The van der Waals surface area contributed by atoms with Crippen LogP contribution in [0.3, 0.4) is 0 Å². The molecule has 0 fully saturated rings. The van der Waals surface area contributed by atoms with E-state index in [9.17, 15) is 4.39 Å². The molecule has 2 aromatic rings. The SMILES string of the molecule is Cc1cc(F)cnc1C#Cc1ccccc1. The van der Waals surface area contributed by atoms with Gasteiger partial charge in [0.15, 0.2) is 0 Å². The molecule has 0 aliphatic carbocycles. The normalized spacial score (nSPS) is 9.38. The van der Waals surface area contributed by atoms with E-state index in [-0.39, 0.29) is 5.82 Å². The van der Waals surface area contributed by atoms with Gasteiger partial charge in [0.05, 0.1) is 6.20 Å². The standard InChI is InChI=1S/C14H10FN/c1-11-9-13(15)10-16-14(11)8-7-12-5-3-2-4-6-12/h2-6,9-10H,1H3. The highest BCUT2D eigenvalue weighted by molar-refractivity contribution is 5.42. The van der Waals surface area contributed by atoms with Crippen LogP contribution in [-0.2, 0) is 0 Å². The first-order valence-corrected chi connectivity index (χ1v) is 4.95. The lowest BCUT2D eigenvalue weighted by atomic mass is 10.2. The van der Waals surface area contributed by atoms with Gasteiger partial charge in [-0.25, -0.2) is 9.37 Å². The number of hydrogen-bond donors (Lipinski definition) is 0. The van der Waals surface area contributed by atoms with E-state index in [4.69, 9.17) is 0 Å². The molecule has 1 nitrogen and oxygen atoms in total. The van der Waals surface area contributed by atoms with Crippen LogP contribution in [0.25, 0.3) is 0 Å². The summed E-state index contributed by atoms with van der Waals surface area (Å²) in [7, 11) is 0. The van der Waals surface area contributed by atoms with E-state index in [1.165, 1.54) is 12.3 Å². The summed E-state index contributed by atoms with van der Waals surface area (Å²) in [4.78, 5) is 3.94. The Balaban J connectivity index is 2.31. The maximum absolute atomic E-state index is 12.8. The van der Waals surface area contributed by atoms with Crippen LogP contribution in [0.1, 0.15) is 16.8 Å². The Morgan fingerprint density at radius 3 is 2.56 bits per heavy atom. The molecule has 1 aromatic heterocycles. The predicted octanol–water partition coefficient (Wildman–Crippen LogP) is 2.93. The summed E-state index contributed by atoms with van der Waals surface area (Å²) in [5.41, 5.74) is 2.29. The van der Waals surface area contributed by atoms with Gasteiger partial charge >= 0.3 is 0 Å². The predicted molar refractivity (Wildman–Crippen MR) is 61.4 cm³/mol. The van der Waals surface area contributed by atoms with Gasteiger partial charge in [-0.2, -0.15) is 0 Å². The summed E-state index contributed by atoms with van der Waals surface area (Å²) in [5.74, 6) is 5.58. The van der Waals surface area contributed by atoms with Gasteiger partial charge < -0.3 is 0 Å². The Morgan fingerprint density at radius 2 is 1.88 bits per heavy atom. The highest BCUT2D eigenvalue weighted by Gasteiger charge is 1.97. The lowest BCUT2D eigenvalue weighted by molar-refractivity contribution is 0.619. The van der Waals surface area contributed by atoms with Crippen LogP contribution in [0, 0.1) is 24.6 Å². The van der Waals surface area contributed by atoms with Gasteiger partial charge in [-0.05, 0) is 36.6 Å². The molecular formula is C14H10FN. The fraction of sp³-hybridized carbons (Fsp3) is 0.0714. The van der Waals surface area contributed by atoms with Gasteiger partial charge in [0.1, 0.15) is 11.5 Å². The molecule has 1 heterocycles. The molecule has 0 atom stereocenters. The number of aryl methyl sites for hydroxylation is 1. The van der Waals surface area contributed by atoms with Crippen molar-refractivity contribution in [1.29, 1.82) is 0 Å². The number of benzene rings is 1. The van der Waals surface area contributed by atoms with Crippen molar-refractivity contribution in [1.82, 2.24) is 4.98 Å². The monoisotopic (exact) mass is 211 g/mol. The summed E-state index contributed by atoms with van der Waals surface area (Å²) in [6, 6.07) is 11.1. The zero-order valence-electron chi connectivity index (χ0n) is 8.87. The Labute approximate surface area is 94.0 Å². The van der Waals surface area contributed by atoms with Crippen molar-refractivity contribution in [2.45, 2.75) is 6.92 Å². The van der Waals surface area contributed by atoms with E-state index in [0.717, 1.165) is 11.1 Å². The molecule has 16 heavy (non-hydrogen) atoms. The molecule has 0 saturated carbocycles. The Hall–Kier alpha value is -2.14. The third kappa shape index (κ3) is 2.46. The van der Waals surface area contributed by atoms with E-state index in [0.29, 0.717) is 5.69 Å². The molecule has 0 aliphatic heterocycles. The Morgan fingerprint density at radius 1 is 1.12 bits per heavy atom. The van der Waals surface area contributed by atoms with E-state index >= 15 is 0 Å². The number of hydrogen-bond acceptors (Lipinski definition) is 1. The van der Waals surface area contributed by atoms with Crippen LogP contribution >= 0.6 is 0 Å². The van der Waals surface area contributed by atoms with Crippen LogP contribution in [0.5, 0.6) is 0 Å². The first-order valence-electron chi connectivity index (χ1n) is 4.95. The molecule has 0 bridgehead atoms. The smallest absolute Gasteiger partial charge is 0.141 e. The van der Waals surface area contributed by atoms with E-state index in [1.54, 1.807) is 6.92 Å². The summed E-state index contributed by atoms with van der Waals surface area (Å²) in [5, 5.41) is 0. The highest BCUT2D eigenvalue weighted by atomic mass is 19.1. The molecule has 0 amide bonds. The zero-order chi connectivity index (χ0) is 11.4. The second-order valence-corrected chi connectivity index (χ2v) is 3.44. The average molecular weight is 211 g/mol. The number of aromatic nitrogens is 1. The molecule has 0 spiro atoms. The number of pyridine rings is 1. The number of nitrogens with zero attached hydrogens (tertiary/aromatic N) is 1. The lowest BCUT2D eigenvalue weighted by Crippen LogP contribution is -1.89. The summed E-state index contributed by atoms with van der Waals surface area (Å²) in [6.07, 6.45) is 1.18. The molecule has 2 rings (SSSR count). The molecular weight excluding hydrogens is 201 g/mol. The van der Waals surface area contributed by atoms with Crippen LogP contribution < -0.4 is 0 Å². The zero-order valence-corrected chi connectivity index (χ0v) is 8.87. The first kappa shape index (κ1) is 10.4. The van der Waals surface area contributed by atoms with Crippen LogP contribution in [0.15, 0.2) is 42.6 Å². The van der Waals surface area contributed by atoms with Crippen LogP contribution in [-0.4, -0.2) is 4.98 Å². The quantitative estimate of drug-likeness (QED) is 0.610. The fourth-order valence-electron chi connectivity index (χ4n) is 1.32. The largest absolute Gasteiger partial charge is 0.244 e. The van der Waals surface area contributed by atoms with Crippen molar-refractivity contribution < 1.29 is 4.39 Å². The van der Waals surface area contributed by atoms with Crippen molar-refractivity contribution >= 4 is 0 Å². The molecule has 0 saturated heterocycles. The van der Waals surface area contributed by atoms with Gasteiger partial charge in [-0.15, -0.1) is 0 Å². The summed E-state index contributed by atoms with van der Waals surface area (Å²) in [6.45, 7) is 1.80. The third-order valence-corrected chi connectivity index (χ3v) is 2.14. The first-order chi connectivity index (χ1) is 7.75. The fourth-order valence-corrected chi connectivity index (χ4v) is 1.32. The van der Waals surface area contributed by atoms with E-state index in [2.05, 4.69) is 16.8 Å². The topological polar surface area (TPSA) is 12.9 Å². The maximum Gasteiger partial charge on any atom is 0.141 e. The molecule has 78 valence electrons. The van der Waals surface area contributed by atoms with Gasteiger partial charge in [0.2, 0.25) is 0 Å². The van der Waals surface area contributed by atoms with Gasteiger partial charge in [-0.1, -0.05) is 24.1 Å². The summed E-state index contributed by atoms with van der Waals surface area (Å²) >= 11 is 0. The maximum atomic E-state index is 12.8. The molecule has 0 radical (unpaired) electrons. The molecule has 0 unspecified atom stereocenters. The van der Waals surface area contributed by atoms with Crippen molar-refractivity contribution in [3.63, 3.8) is 0 Å². The lowest BCUT2D eigenvalue weighted by Gasteiger charge is -1.95. The molecule has 0 aliphatic rings. The highest BCUT2D eigenvalue weighted by Crippen LogP contribution is 2.05. The second kappa shape index (κ2) is 4.59. The number of halogens is 1. The van der Waals surface area contributed by atoms with Gasteiger partial charge in [0.25, 0.3) is 0 Å². The minimum atomic E-state index is -0.331. The molecule has 2 heteroatoms. The molecule has 0 N–H and O–H groups in total. The van der Waals surface area contributed by atoms with E-state index < -0.39 is 0 Å². The molecule has 1 aromatic carbocycles.